The number of esters is 1. The van der Waals surface area contributed by atoms with Crippen molar-refractivity contribution < 1.29 is 14.3 Å². The zero-order chi connectivity index (χ0) is 15.2. The second-order valence-electron chi connectivity index (χ2n) is 4.86. The van der Waals surface area contributed by atoms with Gasteiger partial charge in [0.2, 0.25) is 5.91 Å². The minimum atomic E-state index is -1.01. The molecule has 1 aromatic rings. The van der Waals surface area contributed by atoms with Crippen molar-refractivity contribution in [2.75, 3.05) is 6.61 Å². The topological polar surface area (TPSA) is 55.4 Å². The van der Waals surface area contributed by atoms with Crippen molar-refractivity contribution in [1.82, 2.24) is 5.32 Å². The van der Waals surface area contributed by atoms with E-state index in [-0.39, 0.29) is 12.5 Å². The lowest BCUT2D eigenvalue weighted by Crippen LogP contribution is -2.52. The Morgan fingerprint density at radius 2 is 1.90 bits per heavy atom. The van der Waals surface area contributed by atoms with Gasteiger partial charge in [0.1, 0.15) is 5.54 Å². The van der Waals surface area contributed by atoms with Gasteiger partial charge < -0.3 is 10.1 Å². The molecule has 0 aliphatic carbocycles. The first kappa shape index (κ1) is 16.5. The Morgan fingerprint density at radius 3 is 2.40 bits per heavy atom. The van der Waals surface area contributed by atoms with E-state index in [1.54, 1.807) is 26.0 Å². The van der Waals surface area contributed by atoms with Gasteiger partial charge in [-0.15, -0.1) is 0 Å². The molecular formula is C15H20ClNO3. The van der Waals surface area contributed by atoms with Crippen molar-refractivity contribution in [3.8, 4) is 0 Å². The minimum Gasteiger partial charge on any atom is -0.464 e. The van der Waals surface area contributed by atoms with Crippen LogP contribution in [0.25, 0.3) is 0 Å². The van der Waals surface area contributed by atoms with E-state index in [0.717, 1.165) is 5.56 Å². The molecule has 4 nitrogen and oxygen atoms in total. The summed E-state index contributed by atoms with van der Waals surface area (Å²) in [5, 5.41) is 3.35. The number of aryl methyl sites for hydroxylation is 1. The van der Waals surface area contributed by atoms with Crippen LogP contribution in [0.2, 0.25) is 5.02 Å². The number of carbonyl (C=O) groups excluding carboxylic acids is 2. The van der Waals surface area contributed by atoms with Gasteiger partial charge in [-0.2, -0.15) is 0 Å². The molecule has 1 atom stereocenters. The molecule has 0 aliphatic heterocycles. The Kier molecular flexibility index (Phi) is 6.02. The summed E-state index contributed by atoms with van der Waals surface area (Å²) in [5.41, 5.74) is 0.0388. The van der Waals surface area contributed by atoms with E-state index < -0.39 is 11.5 Å². The Balaban J connectivity index is 2.76. The predicted octanol–water partition coefficient (Wildman–Crippen LogP) is 2.73. The number of benzene rings is 1. The first-order valence-corrected chi connectivity index (χ1v) is 6.95. The van der Waals surface area contributed by atoms with Crippen molar-refractivity contribution in [3.63, 3.8) is 0 Å². The van der Waals surface area contributed by atoms with Crippen molar-refractivity contribution in [3.05, 3.63) is 34.9 Å². The second-order valence-corrected chi connectivity index (χ2v) is 5.30. The molecule has 0 fully saturated rings. The summed E-state index contributed by atoms with van der Waals surface area (Å²) in [6.45, 7) is 5.10. The van der Waals surface area contributed by atoms with E-state index in [9.17, 15) is 9.59 Å². The first-order valence-electron chi connectivity index (χ1n) is 6.58. The summed E-state index contributed by atoms with van der Waals surface area (Å²) in [7, 11) is 0. The summed E-state index contributed by atoms with van der Waals surface area (Å²) in [6, 6.07) is 7.41. The summed E-state index contributed by atoms with van der Waals surface area (Å²) in [5.74, 6) is -0.666. The molecule has 0 radical (unpaired) electrons. The van der Waals surface area contributed by atoms with Crippen LogP contribution in [0.4, 0.5) is 0 Å². The number of rotatable bonds is 6. The number of hydrogen-bond donors (Lipinski definition) is 1. The van der Waals surface area contributed by atoms with E-state index in [2.05, 4.69) is 5.32 Å². The van der Waals surface area contributed by atoms with E-state index in [0.29, 0.717) is 17.9 Å². The summed E-state index contributed by atoms with van der Waals surface area (Å²) < 4.78 is 5.04. The largest absolute Gasteiger partial charge is 0.464 e. The van der Waals surface area contributed by atoms with Crippen molar-refractivity contribution >= 4 is 23.5 Å². The molecule has 1 N–H and O–H groups in total. The third kappa shape index (κ3) is 4.85. The summed E-state index contributed by atoms with van der Waals surface area (Å²) in [6.07, 6.45) is 1.11. The van der Waals surface area contributed by atoms with Gasteiger partial charge in [0.25, 0.3) is 0 Å². The van der Waals surface area contributed by atoms with E-state index in [4.69, 9.17) is 16.3 Å². The number of amides is 1. The second kappa shape index (κ2) is 7.29. The molecule has 110 valence electrons. The molecule has 0 saturated heterocycles. The van der Waals surface area contributed by atoms with Crippen LogP contribution in [0.3, 0.4) is 0 Å². The van der Waals surface area contributed by atoms with Crippen LogP contribution in [0.5, 0.6) is 0 Å². The molecule has 1 unspecified atom stereocenters. The number of carbonyl (C=O) groups is 2. The molecule has 1 rings (SSSR count). The molecular weight excluding hydrogens is 278 g/mol. The standard InChI is InChI=1S/C15H20ClNO3/c1-4-20-14(19)15(3,17-11(2)18)10-9-12-5-7-13(16)8-6-12/h5-8H,4,9-10H2,1-3H3,(H,17,18). The van der Waals surface area contributed by atoms with Crippen molar-refractivity contribution in [1.29, 1.82) is 0 Å². The van der Waals surface area contributed by atoms with E-state index in [1.165, 1.54) is 6.92 Å². The highest BCUT2D eigenvalue weighted by Gasteiger charge is 2.35. The fraction of sp³-hybridized carbons (Fsp3) is 0.467. The average molecular weight is 298 g/mol. The van der Waals surface area contributed by atoms with Crippen LogP contribution in [-0.4, -0.2) is 24.0 Å². The molecule has 20 heavy (non-hydrogen) atoms. The zero-order valence-corrected chi connectivity index (χ0v) is 12.8. The average Bonchev–Trinajstić information content (AvgIpc) is 2.37. The molecule has 0 bridgehead atoms. The van der Waals surface area contributed by atoms with E-state index >= 15 is 0 Å². The van der Waals surface area contributed by atoms with E-state index in [1.807, 2.05) is 12.1 Å². The maximum atomic E-state index is 12.0. The Morgan fingerprint density at radius 1 is 1.30 bits per heavy atom. The first-order chi connectivity index (χ1) is 9.37. The highest BCUT2D eigenvalue weighted by atomic mass is 35.5. The maximum absolute atomic E-state index is 12.0. The van der Waals surface area contributed by atoms with Crippen LogP contribution >= 0.6 is 11.6 Å². The third-order valence-corrected chi connectivity index (χ3v) is 3.26. The lowest BCUT2D eigenvalue weighted by Gasteiger charge is -2.28. The number of ether oxygens (including phenoxy) is 1. The fourth-order valence-corrected chi connectivity index (χ4v) is 2.07. The quantitative estimate of drug-likeness (QED) is 0.822. The van der Waals surface area contributed by atoms with Gasteiger partial charge >= 0.3 is 5.97 Å². The van der Waals surface area contributed by atoms with Crippen LogP contribution in [0, 0.1) is 0 Å². The van der Waals surface area contributed by atoms with Gasteiger partial charge in [0, 0.05) is 11.9 Å². The zero-order valence-electron chi connectivity index (χ0n) is 12.0. The van der Waals surface area contributed by atoms with Gasteiger partial charge in [0.15, 0.2) is 0 Å². The summed E-state index contributed by atoms with van der Waals surface area (Å²) in [4.78, 5) is 23.3. The van der Waals surface area contributed by atoms with Crippen LogP contribution in [0.15, 0.2) is 24.3 Å². The van der Waals surface area contributed by atoms with Crippen molar-refractivity contribution in [2.24, 2.45) is 0 Å². The lowest BCUT2D eigenvalue weighted by molar-refractivity contribution is -0.152. The van der Waals surface area contributed by atoms with Gasteiger partial charge in [-0.1, -0.05) is 23.7 Å². The number of hydrogen-bond acceptors (Lipinski definition) is 3. The third-order valence-electron chi connectivity index (χ3n) is 3.00. The van der Waals surface area contributed by atoms with Gasteiger partial charge in [-0.25, -0.2) is 4.79 Å². The molecule has 1 amide bonds. The molecule has 0 aromatic heterocycles. The smallest absolute Gasteiger partial charge is 0.331 e. The highest BCUT2D eigenvalue weighted by molar-refractivity contribution is 6.30. The SMILES string of the molecule is CCOC(=O)C(C)(CCc1ccc(Cl)cc1)NC(C)=O. The predicted molar refractivity (Wildman–Crippen MR) is 78.6 cm³/mol. The highest BCUT2D eigenvalue weighted by Crippen LogP contribution is 2.18. The van der Waals surface area contributed by atoms with Crippen LogP contribution in [-0.2, 0) is 20.7 Å². The van der Waals surface area contributed by atoms with Gasteiger partial charge in [0.05, 0.1) is 6.61 Å². The molecule has 5 heteroatoms. The Hall–Kier alpha value is -1.55. The normalized spacial score (nSPS) is 13.4. The van der Waals surface area contributed by atoms with Gasteiger partial charge in [-0.05, 0) is 44.4 Å². The lowest BCUT2D eigenvalue weighted by atomic mass is 9.93. The fourth-order valence-electron chi connectivity index (χ4n) is 1.94. The Labute approximate surface area is 124 Å². The maximum Gasteiger partial charge on any atom is 0.331 e. The summed E-state index contributed by atoms with van der Waals surface area (Å²) >= 11 is 5.83. The molecule has 0 saturated carbocycles. The van der Waals surface area contributed by atoms with Gasteiger partial charge in [-0.3, -0.25) is 4.79 Å². The number of nitrogens with one attached hydrogen (secondary N) is 1. The molecule has 0 heterocycles. The molecule has 0 aliphatic rings. The Bertz CT molecular complexity index is 473. The number of halogens is 1. The van der Waals surface area contributed by atoms with Crippen molar-refractivity contribution in [2.45, 2.75) is 39.2 Å². The van der Waals surface area contributed by atoms with Crippen LogP contribution in [0.1, 0.15) is 32.8 Å². The monoisotopic (exact) mass is 297 g/mol. The minimum absolute atomic E-state index is 0.253. The molecule has 1 aromatic carbocycles. The van der Waals surface area contributed by atoms with Crippen LogP contribution < -0.4 is 5.32 Å². The molecule has 0 spiro atoms.